The topological polar surface area (TPSA) is 16.1 Å². The summed E-state index contributed by atoms with van der Waals surface area (Å²) in [6.45, 7) is 0.590. The van der Waals surface area contributed by atoms with Crippen molar-refractivity contribution in [3.63, 3.8) is 0 Å². The third kappa shape index (κ3) is 3.09. The molecule has 0 aliphatic carbocycles. The maximum absolute atomic E-state index is 13.8. The van der Waals surface area contributed by atoms with Crippen molar-refractivity contribution in [3.05, 3.63) is 56.9 Å². The van der Waals surface area contributed by atoms with E-state index in [1.807, 2.05) is 31.3 Å². The highest BCUT2D eigenvalue weighted by molar-refractivity contribution is 9.10. The van der Waals surface area contributed by atoms with Crippen molar-refractivity contribution in [2.24, 2.45) is 0 Å². The molecule has 2 aromatic rings. The van der Waals surface area contributed by atoms with Crippen LogP contribution >= 0.6 is 31.9 Å². The van der Waals surface area contributed by atoms with Gasteiger partial charge < -0.3 is 4.90 Å². The minimum Gasteiger partial charge on any atom is -0.353 e. The van der Waals surface area contributed by atoms with Crippen molar-refractivity contribution in [2.75, 3.05) is 11.9 Å². The lowest BCUT2D eigenvalue weighted by molar-refractivity contribution is 0.613. The molecule has 1 heterocycles. The minimum atomic E-state index is -0.334. The number of aromatic nitrogens is 1. The van der Waals surface area contributed by atoms with E-state index in [0.29, 0.717) is 16.8 Å². The fraction of sp³-hybridized carbons (Fsp3) is 0.154. The van der Waals surface area contributed by atoms with Gasteiger partial charge in [0.2, 0.25) is 0 Å². The van der Waals surface area contributed by atoms with Crippen LogP contribution in [0, 0.1) is 5.82 Å². The van der Waals surface area contributed by atoms with Gasteiger partial charge >= 0.3 is 0 Å². The third-order valence-electron chi connectivity index (χ3n) is 2.52. The monoisotopic (exact) mass is 372 g/mol. The quantitative estimate of drug-likeness (QED) is 0.793. The van der Waals surface area contributed by atoms with Gasteiger partial charge in [-0.05, 0) is 33.6 Å². The van der Waals surface area contributed by atoms with E-state index in [2.05, 4.69) is 36.8 Å². The smallest absolute Gasteiger partial charge is 0.166 e. The summed E-state index contributed by atoms with van der Waals surface area (Å²) in [7, 11) is 1.82. The normalized spacial score (nSPS) is 10.4. The molecule has 0 amide bonds. The van der Waals surface area contributed by atoms with Crippen molar-refractivity contribution in [1.29, 1.82) is 0 Å². The molecule has 0 N–H and O–H groups in total. The highest BCUT2D eigenvalue weighted by atomic mass is 79.9. The molecule has 2 nitrogen and oxygen atoms in total. The molecule has 0 atom stereocenters. The molecule has 0 saturated heterocycles. The molecule has 2 rings (SSSR count). The van der Waals surface area contributed by atoms with Gasteiger partial charge in [-0.2, -0.15) is 0 Å². The van der Waals surface area contributed by atoms with Crippen molar-refractivity contribution in [3.8, 4) is 0 Å². The summed E-state index contributed by atoms with van der Waals surface area (Å²) in [6.07, 6.45) is 1.59. The average Bonchev–Trinajstić information content (AvgIpc) is 2.32. The zero-order chi connectivity index (χ0) is 13.1. The largest absolute Gasteiger partial charge is 0.353 e. The van der Waals surface area contributed by atoms with Crippen LogP contribution in [-0.2, 0) is 6.54 Å². The van der Waals surface area contributed by atoms with E-state index in [0.717, 1.165) is 10.0 Å². The summed E-state index contributed by atoms with van der Waals surface area (Å²) in [5.74, 6) is 0.00730. The molecule has 5 heteroatoms. The van der Waals surface area contributed by atoms with E-state index in [1.54, 1.807) is 11.1 Å². The molecule has 0 unspecified atom stereocenters. The van der Waals surface area contributed by atoms with Crippen molar-refractivity contribution >= 4 is 37.7 Å². The predicted octanol–water partition coefficient (Wildman–Crippen LogP) is 4.38. The number of anilines is 1. The maximum atomic E-state index is 13.8. The molecule has 1 aromatic carbocycles. The van der Waals surface area contributed by atoms with Gasteiger partial charge in [0.15, 0.2) is 11.6 Å². The maximum Gasteiger partial charge on any atom is 0.166 e. The fourth-order valence-corrected chi connectivity index (χ4v) is 2.36. The molecule has 0 fully saturated rings. The molecule has 18 heavy (non-hydrogen) atoms. The standard InChI is InChI=1S/C13H11Br2FN2/c1-18(8-9-4-2-3-5-11(9)15)13-12(16)6-10(14)7-17-13/h2-7H,8H2,1H3. The summed E-state index contributed by atoms with van der Waals surface area (Å²) in [5.41, 5.74) is 1.09. The number of benzene rings is 1. The van der Waals surface area contributed by atoms with Gasteiger partial charge in [-0.15, -0.1) is 0 Å². The number of hydrogen-bond acceptors (Lipinski definition) is 2. The van der Waals surface area contributed by atoms with E-state index in [9.17, 15) is 4.39 Å². The third-order valence-corrected chi connectivity index (χ3v) is 3.72. The van der Waals surface area contributed by atoms with E-state index in [4.69, 9.17) is 0 Å². The lowest BCUT2D eigenvalue weighted by Crippen LogP contribution is -2.19. The van der Waals surface area contributed by atoms with Crippen LogP contribution in [0.2, 0.25) is 0 Å². The first kappa shape index (κ1) is 13.5. The van der Waals surface area contributed by atoms with Gasteiger partial charge in [-0.1, -0.05) is 34.1 Å². The second-order valence-electron chi connectivity index (χ2n) is 3.91. The molecular formula is C13H11Br2FN2. The Bertz CT molecular complexity index is 560. The second-order valence-corrected chi connectivity index (χ2v) is 5.68. The van der Waals surface area contributed by atoms with Crippen LogP contribution in [-0.4, -0.2) is 12.0 Å². The molecule has 0 saturated carbocycles. The SMILES string of the molecule is CN(Cc1ccccc1Br)c1ncc(Br)cc1F. The molecule has 1 aromatic heterocycles. The number of hydrogen-bond donors (Lipinski definition) is 0. The Morgan fingerprint density at radius 3 is 2.67 bits per heavy atom. The van der Waals surface area contributed by atoms with Gasteiger partial charge in [-0.25, -0.2) is 9.37 Å². The molecule has 0 radical (unpaired) electrons. The van der Waals surface area contributed by atoms with Crippen molar-refractivity contribution in [2.45, 2.75) is 6.54 Å². The lowest BCUT2D eigenvalue weighted by atomic mass is 10.2. The van der Waals surface area contributed by atoms with E-state index in [1.165, 1.54) is 6.07 Å². The van der Waals surface area contributed by atoms with Crippen molar-refractivity contribution < 1.29 is 4.39 Å². The van der Waals surface area contributed by atoms with E-state index >= 15 is 0 Å². The Labute approximate surface area is 122 Å². The van der Waals surface area contributed by atoms with Gasteiger partial charge in [0.25, 0.3) is 0 Å². The number of nitrogens with zero attached hydrogens (tertiary/aromatic N) is 2. The molecule has 0 spiro atoms. The Morgan fingerprint density at radius 1 is 1.28 bits per heavy atom. The van der Waals surface area contributed by atoms with Gasteiger partial charge in [0.05, 0.1) is 0 Å². The predicted molar refractivity (Wildman–Crippen MR) is 78.1 cm³/mol. The van der Waals surface area contributed by atoms with Gasteiger partial charge in [0.1, 0.15) is 0 Å². The van der Waals surface area contributed by atoms with Crippen LogP contribution in [0.4, 0.5) is 10.2 Å². The average molecular weight is 374 g/mol. The number of halogens is 3. The molecule has 0 aliphatic heterocycles. The zero-order valence-corrected chi connectivity index (χ0v) is 12.9. The van der Waals surface area contributed by atoms with Crippen LogP contribution in [0.5, 0.6) is 0 Å². The van der Waals surface area contributed by atoms with Gasteiger partial charge in [0, 0.05) is 28.7 Å². The Hall–Kier alpha value is -0.940. The number of pyridine rings is 1. The second kappa shape index (κ2) is 5.80. The van der Waals surface area contributed by atoms with Crippen LogP contribution in [0.1, 0.15) is 5.56 Å². The lowest BCUT2D eigenvalue weighted by Gasteiger charge is -2.19. The molecule has 94 valence electrons. The molecular weight excluding hydrogens is 363 g/mol. The van der Waals surface area contributed by atoms with Crippen LogP contribution in [0.15, 0.2) is 45.5 Å². The molecule has 0 aliphatic rings. The highest BCUT2D eigenvalue weighted by Crippen LogP contribution is 2.23. The first-order valence-corrected chi connectivity index (χ1v) is 6.92. The van der Waals surface area contributed by atoms with Gasteiger partial charge in [-0.3, -0.25) is 0 Å². The van der Waals surface area contributed by atoms with Crippen molar-refractivity contribution in [1.82, 2.24) is 4.98 Å². The molecule has 0 bridgehead atoms. The summed E-state index contributed by atoms with van der Waals surface area (Å²) in [6, 6.07) is 9.29. The minimum absolute atomic E-state index is 0.334. The fourth-order valence-electron chi connectivity index (χ4n) is 1.65. The highest BCUT2D eigenvalue weighted by Gasteiger charge is 2.11. The first-order chi connectivity index (χ1) is 8.58. The Kier molecular flexibility index (Phi) is 4.35. The summed E-state index contributed by atoms with van der Waals surface area (Å²) < 4.78 is 15.4. The zero-order valence-electron chi connectivity index (χ0n) is 9.70. The van der Waals surface area contributed by atoms with E-state index < -0.39 is 0 Å². The first-order valence-electron chi connectivity index (χ1n) is 5.33. The Balaban J connectivity index is 2.22. The van der Waals surface area contributed by atoms with Crippen LogP contribution in [0.3, 0.4) is 0 Å². The van der Waals surface area contributed by atoms with Crippen LogP contribution in [0.25, 0.3) is 0 Å². The Morgan fingerprint density at radius 2 is 2.00 bits per heavy atom. The number of rotatable bonds is 3. The summed E-state index contributed by atoms with van der Waals surface area (Å²) in [5, 5.41) is 0. The summed E-state index contributed by atoms with van der Waals surface area (Å²) >= 11 is 6.67. The summed E-state index contributed by atoms with van der Waals surface area (Å²) in [4.78, 5) is 5.87. The van der Waals surface area contributed by atoms with Crippen LogP contribution < -0.4 is 4.90 Å². The van der Waals surface area contributed by atoms with E-state index in [-0.39, 0.29) is 5.82 Å².